The van der Waals surface area contributed by atoms with Crippen LogP contribution in [0.15, 0.2) is 0 Å². The normalized spacial score (nSPS) is 41.8. The summed E-state index contributed by atoms with van der Waals surface area (Å²) in [5, 5.41) is 9.18. The van der Waals surface area contributed by atoms with Crippen LogP contribution in [0.2, 0.25) is 0 Å². The highest BCUT2D eigenvalue weighted by molar-refractivity contribution is 5.81. The highest BCUT2D eigenvalue weighted by Crippen LogP contribution is 2.48. The first-order valence-electron chi connectivity index (χ1n) is 7.89. The Labute approximate surface area is 115 Å². The molecule has 0 radical (unpaired) electrons. The Morgan fingerprint density at radius 1 is 1.21 bits per heavy atom. The summed E-state index contributed by atoms with van der Waals surface area (Å²) in [5.74, 6) is 1.47. The largest absolute Gasteiger partial charge is 0.396 e. The fourth-order valence-corrected chi connectivity index (χ4v) is 4.63. The van der Waals surface area contributed by atoms with E-state index in [1.807, 2.05) is 4.90 Å². The Kier molecular flexibility index (Phi) is 3.81. The molecular weight excluding hydrogens is 240 g/mol. The lowest BCUT2D eigenvalue weighted by atomic mass is 9.83. The zero-order valence-electron chi connectivity index (χ0n) is 11.6. The number of rotatable bonds is 3. The summed E-state index contributed by atoms with van der Waals surface area (Å²) in [6.45, 7) is 1.04. The maximum absolute atomic E-state index is 12.9. The van der Waals surface area contributed by atoms with Crippen LogP contribution in [0.1, 0.15) is 44.9 Å². The molecule has 0 aromatic rings. The Morgan fingerprint density at radius 3 is 2.68 bits per heavy atom. The van der Waals surface area contributed by atoms with Crippen LogP contribution in [0.4, 0.5) is 0 Å². The van der Waals surface area contributed by atoms with Crippen molar-refractivity contribution in [2.75, 3.05) is 13.2 Å². The molecule has 5 atom stereocenters. The maximum atomic E-state index is 12.9. The minimum absolute atomic E-state index is 0.0676. The number of carbonyl (C=O) groups is 1. The molecule has 2 saturated carbocycles. The first-order valence-corrected chi connectivity index (χ1v) is 7.89. The molecule has 3 fully saturated rings. The van der Waals surface area contributed by atoms with E-state index in [1.54, 1.807) is 0 Å². The monoisotopic (exact) mass is 266 g/mol. The minimum Gasteiger partial charge on any atom is -0.396 e. The lowest BCUT2D eigenvalue weighted by molar-refractivity contribution is -0.141. The number of amides is 1. The predicted molar refractivity (Wildman–Crippen MR) is 73.4 cm³/mol. The average molecular weight is 266 g/mol. The van der Waals surface area contributed by atoms with E-state index in [-0.39, 0.29) is 30.5 Å². The van der Waals surface area contributed by atoms with E-state index in [4.69, 9.17) is 5.73 Å². The van der Waals surface area contributed by atoms with Crippen LogP contribution in [0.25, 0.3) is 0 Å². The molecule has 19 heavy (non-hydrogen) atoms. The number of nitrogens with zero attached hydrogens (tertiary/aromatic N) is 1. The number of aliphatic hydroxyl groups excluding tert-OH is 1. The van der Waals surface area contributed by atoms with Gasteiger partial charge < -0.3 is 15.7 Å². The van der Waals surface area contributed by atoms with Crippen molar-refractivity contribution in [2.45, 2.75) is 57.0 Å². The number of fused-ring (bicyclic) bond motifs is 2. The molecule has 0 aromatic carbocycles. The van der Waals surface area contributed by atoms with Gasteiger partial charge in [0, 0.05) is 25.2 Å². The smallest absolute Gasteiger partial charge is 0.227 e. The molecule has 2 aliphatic carbocycles. The van der Waals surface area contributed by atoms with Gasteiger partial charge in [0.2, 0.25) is 5.91 Å². The van der Waals surface area contributed by atoms with E-state index < -0.39 is 0 Å². The predicted octanol–water partition coefficient (Wildman–Crippen LogP) is 1.12. The van der Waals surface area contributed by atoms with Crippen LogP contribution in [0, 0.1) is 17.8 Å². The first-order chi connectivity index (χ1) is 9.22. The number of hydrogen-bond acceptors (Lipinski definition) is 3. The molecule has 1 aliphatic heterocycles. The van der Waals surface area contributed by atoms with Gasteiger partial charge in [-0.3, -0.25) is 4.79 Å². The fraction of sp³-hybridized carbons (Fsp3) is 0.933. The van der Waals surface area contributed by atoms with Gasteiger partial charge in [-0.25, -0.2) is 0 Å². The SMILES string of the molecule is NC1C2CCC(C2)C1C(=O)N1CCCCC1CCO. The second-order valence-corrected chi connectivity index (χ2v) is 6.63. The molecular formula is C15H26N2O2. The number of carbonyl (C=O) groups excluding carboxylic acids is 1. The van der Waals surface area contributed by atoms with Gasteiger partial charge in [0.1, 0.15) is 0 Å². The van der Waals surface area contributed by atoms with Crippen molar-refractivity contribution in [1.29, 1.82) is 0 Å². The van der Waals surface area contributed by atoms with E-state index in [2.05, 4.69) is 0 Å². The van der Waals surface area contributed by atoms with Gasteiger partial charge >= 0.3 is 0 Å². The molecule has 4 nitrogen and oxygen atoms in total. The van der Waals surface area contributed by atoms with Crippen molar-refractivity contribution in [3.63, 3.8) is 0 Å². The van der Waals surface area contributed by atoms with Gasteiger partial charge in [-0.2, -0.15) is 0 Å². The molecule has 2 bridgehead atoms. The molecule has 3 aliphatic rings. The third-order valence-electron chi connectivity index (χ3n) is 5.64. The summed E-state index contributed by atoms with van der Waals surface area (Å²) in [6, 6.07) is 0.334. The van der Waals surface area contributed by atoms with Crippen LogP contribution in [0.5, 0.6) is 0 Å². The average Bonchev–Trinajstić information content (AvgIpc) is 3.00. The zero-order valence-corrected chi connectivity index (χ0v) is 11.6. The zero-order chi connectivity index (χ0) is 13.4. The highest BCUT2D eigenvalue weighted by atomic mass is 16.3. The quantitative estimate of drug-likeness (QED) is 0.804. The van der Waals surface area contributed by atoms with Crippen molar-refractivity contribution in [3.8, 4) is 0 Å². The van der Waals surface area contributed by atoms with Gasteiger partial charge in [0.05, 0.1) is 5.92 Å². The van der Waals surface area contributed by atoms with Crippen molar-refractivity contribution >= 4 is 5.91 Å². The standard InChI is InChI=1S/C15H26N2O2/c16-14-11-5-4-10(9-11)13(14)15(19)17-7-2-1-3-12(17)6-8-18/h10-14,18H,1-9,16H2. The van der Waals surface area contributed by atoms with Crippen molar-refractivity contribution in [2.24, 2.45) is 23.5 Å². The van der Waals surface area contributed by atoms with Gasteiger partial charge in [0.15, 0.2) is 0 Å². The summed E-state index contributed by atoms with van der Waals surface area (Å²) >= 11 is 0. The van der Waals surface area contributed by atoms with E-state index in [0.717, 1.165) is 32.2 Å². The molecule has 1 heterocycles. The molecule has 1 amide bonds. The van der Waals surface area contributed by atoms with Crippen molar-refractivity contribution in [3.05, 3.63) is 0 Å². The van der Waals surface area contributed by atoms with Gasteiger partial charge in [-0.05, 0) is 56.8 Å². The van der Waals surface area contributed by atoms with Crippen LogP contribution >= 0.6 is 0 Å². The minimum atomic E-state index is 0.0676. The number of piperidine rings is 1. The van der Waals surface area contributed by atoms with Gasteiger partial charge in [0.25, 0.3) is 0 Å². The Hall–Kier alpha value is -0.610. The summed E-state index contributed by atoms with van der Waals surface area (Å²) < 4.78 is 0. The van der Waals surface area contributed by atoms with Crippen LogP contribution in [-0.4, -0.2) is 41.1 Å². The third-order valence-corrected chi connectivity index (χ3v) is 5.64. The summed E-state index contributed by atoms with van der Waals surface area (Å²) in [4.78, 5) is 14.9. The molecule has 5 unspecified atom stereocenters. The van der Waals surface area contributed by atoms with E-state index in [9.17, 15) is 9.90 Å². The van der Waals surface area contributed by atoms with Gasteiger partial charge in [-0.15, -0.1) is 0 Å². The second-order valence-electron chi connectivity index (χ2n) is 6.63. The van der Waals surface area contributed by atoms with Crippen LogP contribution in [-0.2, 0) is 4.79 Å². The molecule has 108 valence electrons. The molecule has 4 heteroatoms. The van der Waals surface area contributed by atoms with E-state index in [1.165, 1.54) is 19.3 Å². The summed E-state index contributed by atoms with van der Waals surface area (Å²) in [5.41, 5.74) is 6.29. The first kappa shape index (κ1) is 13.4. The third kappa shape index (κ3) is 2.29. The summed E-state index contributed by atoms with van der Waals surface area (Å²) in [7, 11) is 0. The van der Waals surface area contributed by atoms with Gasteiger partial charge in [-0.1, -0.05) is 0 Å². The number of aliphatic hydroxyl groups is 1. The topological polar surface area (TPSA) is 66.6 Å². The second kappa shape index (κ2) is 5.41. The molecule has 3 N–H and O–H groups in total. The summed E-state index contributed by atoms with van der Waals surface area (Å²) in [6.07, 6.45) is 7.62. The van der Waals surface area contributed by atoms with E-state index in [0.29, 0.717) is 11.8 Å². The fourth-order valence-electron chi connectivity index (χ4n) is 4.63. The molecule has 0 aromatic heterocycles. The Balaban J connectivity index is 1.71. The number of nitrogens with two attached hydrogens (primary N) is 1. The Morgan fingerprint density at radius 2 is 2.00 bits per heavy atom. The van der Waals surface area contributed by atoms with Crippen LogP contribution in [0.3, 0.4) is 0 Å². The maximum Gasteiger partial charge on any atom is 0.227 e. The molecule has 3 rings (SSSR count). The molecule has 0 spiro atoms. The van der Waals surface area contributed by atoms with Crippen molar-refractivity contribution < 1.29 is 9.90 Å². The number of likely N-dealkylation sites (tertiary alicyclic amines) is 1. The van der Waals surface area contributed by atoms with Crippen molar-refractivity contribution in [1.82, 2.24) is 4.90 Å². The lowest BCUT2D eigenvalue weighted by Gasteiger charge is -2.40. The molecule has 1 saturated heterocycles. The lowest BCUT2D eigenvalue weighted by Crippen LogP contribution is -2.52. The van der Waals surface area contributed by atoms with Crippen LogP contribution < -0.4 is 5.73 Å². The number of hydrogen-bond donors (Lipinski definition) is 2. The Bertz CT molecular complexity index is 343. The highest BCUT2D eigenvalue weighted by Gasteiger charge is 2.50. The van der Waals surface area contributed by atoms with E-state index >= 15 is 0 Å².